The van der Waals surface area contributed by atoms with Crippen molar-refractivity contribution < 1.29 is 0 Å². The van der Waals surface area contributed by atoms with Crippen LogP contribution in [0.1, 0.15) is 11.3 Å². The molecule has 0 aliphatic carbocycles. The molecule has 0 spiro atoms. The number of hydrogen-bond donors (Lipinski definition) is 1. The molecule has 0 atom stereocenters. The number of pyridine rings is 1. The van der Waals surface area contributed by atoms with Crippen molar-refractivity contribution in [3.63, 3.8) is 0 Å². The SMILES string of the molecule is CN=C(NCc1cccnc1N(C)C)N(C)Cc1cc(Br)cn1C. The zero-order chi connectivity index (χ0) is 17.7. The maximum absolute atomic E-state index is 4.43. The van der Waals surface area contributed by atoms with Crippen LogP contribution in [0.3, 0.4) is 0 Å². The Morgan fingerprint density at radius 3 is 2.71 bits per heavy atom. The predicted molar refractivity (Wildman–Crippen MR) is 103 cm³/mol. The van der Waals surface area contributed by atoms with Crippen molar-refractivity contribution >= 4 is 27.7 Å². The number of halogens is 1. The number of aryl methyl sites for hydroxylation is 1. The van der Waals surface area contributed by atoms with Gasteiger partial charge in [0.15, 0.2) is 5.96 Å². The van der Waals surface area contributed by atoms with E-state index >= 15 is 0 Å². The van der Waals surface area contributed by atoms with Gasteiger partial charge in [0.2, 0.25) is 0 Å². The van der Waals surface area contributed by atoms with E-state index in [9.17, 15) is 0 Å². The van der Waals surface area contributed by atoms with Crippen LogP contribution in [-0.4, -0.2) is 48.6 Å². The van der Waals surface area contributed by atoms with E-state index in [4.69, 9.17) is 0 Å². The lowest BCUT2D eigenvalue weighted by atomic mass is 10.2. The lowest BCUT2D eigenvalue weighted by Gasteiger charge is -2.23. The van der Waals surface area contributed by atoms with Crippen molar-refractivity contribution in [2.75, 3.05) is 33.1 Å². The van der Waals surface area contributed by atoms with Crippen LogP contribution < -0.4 is 10.2 Å². The molecule has 6 nitrogen and oxygen atoms in total. The molecule has 2 aromatic heterocycles. The van der Waals surface area contributed by atoms with E-state index in [1.165, 1.54) is 5.69 Å². The number of nitrogens with zero attached hydrogens (tertiary/aromatic N) is 5. The molecule has 0 aliphatic rings. The van der Waals surface area contributed by atoms with Crippen LogP contribution in [0.5, 0.6) is 0 Å². The zero-order valence-corrected chi connectivity index (χ0v) is 16.5. The minimum Gasteiger partial charge on any atom is -0.362 e. The monoisotopic (exact) mass is 392 g/mol. The van der Waals surface area contributed by atoms with Gasteiger partial charge in [-0.3, -0.25) is 4.99 Å². The summed E-state index contributed by atoms with van der Waals surface area (Å²) in [4.78, 5) is 12.9. The third-order valence-electron chi connectivity index (χ3n) is 3.78. The molecule has 0 saturated carbocycles. The molecule has 2 aromatic rings. The molecule has 0 radical (unpaired) electrons. The summed E-state index contributed by atoms with van der Waals surface area (Å²) in [7, 11) is 9.88. The predicted octanol–water partition coefficient (Wildman–Crippen LogP) is 2.46. The zero-order valence-electron chi connectivity index (χ0n) is 14.9. The van der Waals surface area contributed by atoms with Crippen LogP contribution in [0.25, 0.3) is 0 Å². The maximum Gasteiger partial charge on any atom is 0.194 e. The highest BCUT2D eigenvalue weighted by atomic mass is 79.9. The number of rotatable bonds is 5. The van der Waals surface area contributed by atoms with E-state index in [1.807, 2.05) is 45.4 Å². The summed E-state index contributed by atoms with van der Waals surface area (Å²) in [5.74, 6) is 1.82. The fraction of sp³-hybridized carbons (Fsp3) is 0.412. The van der Waals surface area contributed by atoms with E-state index in [1.54, 1.807) is 7.05 Å². The van der Waals surface area contributed by atoms with Gasteiger partial charge in [0.1, 0.15) is 5.82 Å². The van der Waals surface area contributed by atoms with E-state index in [0.29, 0.717) is 6.54 Å². The second kappa shape index (κ2) is 8.19. The molecule has 2 rings (SSSR count). The molecule has 0 aromatic carbocycles. The van der Waals surface area contributed by atoms with E-state index < -0.39 is 0 Å². The summed E-state index contributed by atoms with van der Waals surface area (Å²) >= 11 is 3.51. The first-order chi connectivity index (χ1) is 11.4. The van der Waals surface area contributed by atoms with Crippen molar-refractivity contribution in [3.05, 3.63) is 46.3 Å². The summed E-state index contributed by atoms with van der Waals surface area (Å²) in [6.07, 6.45) is 3.87. The van der Waals surface area contributed by atoms with Gasteiger partial charge in [-0.1, -0.05) is 6.07 Å². The number of guanidine groups is 1. The first-order valence-electron chi connectivity index (χ1n) is 7.76. The number of aromatic nitrogens is 2. The Morgan fingerprint density at radius 1 is 1.38 bits per heavy atom. The molecule has 2 heterocycles. The average molecular weight is 393 g/mol. The number of nitrogens with one attached hydrogen (secondary N) is 1. The van der Waals surface area contributed by atoms with Crippen LogP contribution in [0.4, 0.5) is 5.82 Å². The summed E-state index contributed by atoms with van der Waals surface area (Å²) in [6.45, 7) is 1.45. The van der Waals surface area contributed by atoms with E-state index in [0.717, 1.165) is 28.4 Å². The highest BCUT2D eigenvalue weighted by Gasteiger charge is 2.11. The van der Waals surface area contributed by atoms with E-state index in [-0.39, 0.29) is 0 Å². The van der Waals surface area contributed by atoms with Gasteiger partial charge in [0.05, 0.1) is 6.54 Å². The molecule has 0 fully saturated rings. The summed E-state index contributed by atoms with van der Waals surface area (Å²) in [6, 6.07) is 6.16. The van der Waals surface area contributed by atoms with Gasteiger partial charge in [-0.05, 0) is 28.1 Å². The van der Waals surface area contributed by atoms with Crippen molar-refractivity contribution in [1.82, 2.24) is 19.8 Å². The van der Waals surface area contributed by atoms with Crippen molar-refractivity contribution in [1.29, 1.82) is 0 Å². The molecule has 0 bridgehead atoms. The van der Waals surface area contributed by atoms with E-state index in [2.05, 4.69) is 59.0 Å². The first kappa shape index (κ1) is 18.3. The summed E-state index contributed by atoms with van der Waals surface area (Å²) in [5, 5.41) is 3.42. The second-order valence-electron chi connectivity index (χ2n) is 5.90. The molecule has 0 amide bonds. The van der Waals surface area contributed by atoms with Crippen LogP contribution in [0.15, 0.2) is 40.1 Å². The van der Waals surface area contributed by atoms with Crippen molar-refractivity contribution in [2.45, 2.75) is 13.1 Å². The molecule has 24 heavy (non-hydrogen) atoms. The molecule has 1 N–H and O–H groups in total. The topological polar surface area (TPSA) is 48.7 Å². The van der Waals surface area contributed by atoms with Gasteiger partial charge >= 0.3 is 0 Å². The lowest BCUT2D eigenvalue weighted by Crippen LogP contribution is -2.38. The molecule has 130 valence electrons. The van der Waals surface area contributed by atoms with Gasteiger partial charge in [0, 0.05) is 69.9 Å². The fourth-order valence-electron chi connectivity index (χ4n) is 2.57. The van der Waals surface area contributed by atoms with Crippen LogP contribution in [-0.2, 0) is 20.1 Å². The Labute approximate surface area is 152 Å². The molecule has 0 unspecified atom stereocenters. The fourth-order valence-corrected chi connectivity index (χ4v) is 3.14. The largest absolute Gasteiger partial charge is 0.362 e. The molecular weight excluding hydrogens is 368 g/mol. The average Bonchev–Trinajstić information content (AvgIpc) is 2.85. The molecule has 7 heteroatoms. The third-order valence-corrected chi connectivity index (χ3v) is 4.21. The smallest absolute Gasteiger partial charge is 0.194 e. The Bertz CT molecular complexity index is 707. The molecule has 0 saturated heterocycles. The van der Waals surface area contributed by atoms with Gasteiger partial charge in [0.25, 0.3) is 0 Å². The Kier molecular flexibility index (Phi) is 6.25. The number of aliphatic imine (C=N–C) groups is 1. The lowest BCUT2D eigenvalue weighted by molar-refractivity contribution is 0.461. The second-order valence-corrected chi connectivity index (χ2v) is 6.81. The van der Waals surface area contributed by atoms with Crippen LogP contribution >= 0.6 is 15.9 Å². The van der Waals surface area contributed by atoms with Crippen LogP contribution in [0, 0.1) is 0 Å². The standard InChI is InChI=1S/C17H25BrN6/c1-19-17(24(5)12-15-9-14(18)11-23(15)4)21-10-13-7-6-8-20-16(13)22(2)3/h6-9,11H,10,12H2,1-5H3,(H,19,21). The van der Waals surface area contributed by atoms with Gasteiger partial charge in [-0.25, -0.2) is 4.98 Å². The first-order valence-corrected chi connectivity index (χ1v) is 8.55. The van der Waals surface area contributed by atoms with Crippen molar-refractivity contribution in [2.24, 2.45) is 12.0 Å². The number of anilines is 1. The molecular formula is C17H25BrN6. The van der Waals surface area contributed by atoms with Gasteiger partial charge in [-0.2, -0.15) is 0 Å². The Morgan fingerprint density at radius 2 is 2.12 bits per heavy atom. The summed E-state index contributed by atoms with van der Waals surface area (Å²) < 4.78 is 3.20. The van der Waals surface area contributed by atoms with Gasteiger partial charge in [-0.15, -0.1) is 0 Å². The highest BCUT2D eigenvalue weighted by Crippen LogP contribution is 2.16. The minimum absolute atomic E-state index is 0.676. The van der Waals surface area contributed by atoms with Gasteiger partial charge < -0.3 is 19.7 Å². The van der Waals surface area contributed by atoms with Crippen LogP contribution in [0.2, 0.25) is 0 Å². The quantitative estimate of drug-likeness (QED) is 0.626. The number of hydrogen-bond acceptors (Lipinski definition) is 3. The normalized spacial score (nSPS) is 11.5. The molecule has 0 aliphatic heterocycles. The highest BCUT2D eigenvalue weighted by molar-refractivity contribution is 9.10. The Hall–Kier alpha value is -2.02. The Balaban J connectivity index is 2.03. The third kappa shape index (κ3) is 4.50. The van der Waals surface area contributed by atoms with Crippen molar-refractivity contribution in [3.8, 4) is 0 Å². The minimum atomic E-state index is 0.676. The maximum atomic E-state index is 4.43. The summed E-state index contributed by atoms with van der Waals surface area (Å²) in [5.41, 5.74) is 2.35.